The Morgan fingerprint density at radius 1 is 0.634 bits per heavy atom. The van der Waals surface area contributed by atoms with Gasteiger partial charge in [-0.25, -0.2) is 24.7 Å². The first-order valence-corrected chi connectivity index (χ1v) is 13.6. The van der Waals surface area contributed by atoms with Crippen molar-refractivity contribution in [2.45, 2.75) is 0 Å². The molecule has 0 atom stereocenters. The van der Waals surface area contributed by atoms with Gasteiger partial charge < -0.3 is 5.11 Å². The number of thiol groups is 2. The first-order valence-electron chi connectivity index (χ1n) is 12.7. The van der Waals surface area contributed by atoms with E-state index in [-0.39, 0.29) is 5.56 Å². The molecule has 2 aliphatic rings. The summed E-state index contributed by atoms with van der Waals surface area (Å²) in [5.74, 6) is -0.181. The van der Waals surface area contributed by atoms with Gasteiger partial charge in [0.05, 0.1) is 39.3 Å². The molecule has 0 spiro atoms. The van der Waals surface area contributed by atoms with Gasteiger partial charge in [-0.2, -0.15) is 0 Å². The second-order valence-corrected chi connectivity index (χ2v) is 10.5. The lowest BCUT2D eigenvalue weighted by molar-refractivity contribution is 0.0697. The topological polar surface area (TPSA) is 94.3 Å². The molecular weight excluding hydrogens is 553 g/mol. The molecule has 6 aromatic rings. The number of fused-ring (bicyclic) bond motifs is 1. The van der Waals surface area contributed by atoms with E-state index in [1.165, 1.54) is 12.1 Å². The van der Waals surface area contributed by atoms with Crippen LogP contribution in [-0.4, -0.2) is 31.4 Å². The van der Waals surface area contributed by atoms with E-state index < -0.39 is 5.97 Å². The van der Waals surface area contributed by atoms with Gasteiger partial charge in [-0.15, -0.1) is 25.3 Å². The first-order chi connectivity index (χ1) is 20.0. The second kappa shape index (κ2) is 8.79. The summed E-state index contributed by atoms with van der Waals surface area (Å²) in [5.41, 5.74) is 4.35. The molecule has 3 heterocycles. The Bertz CT molecular complexity index is 2190. The summed E-state index contributed by atoms with van der Waals surface area (Å²) < 4.78 is 0. The van der Waals surface area contributed by atoms with Gasteiger partial charge in [-0.1, -0.05) is 48.5 Å². The van der Waals surface area contributed by atoms with Crippen molar-refractivity contribution in [3.05, 3.63) is 96.6 Å². The van der Waals surface area contributed by atoms with Crippen LogP contribution in [0.1, 0.15) is 10.4 Å². The van der Waals surface area contributed by atoms with E-state index in [1.807, 2.05) is 82.6 Å². The number of aromatic carboxylic acids is 1. The fraction of sp³-hybridized carbons (Fsp3) is 0. The van der Waals surface area contributed by atoms with Gasteiger partial charge in [0, 0.05) is 10.8 Å². The summed E-state index contributed by atoms with van der Waals surface area (Å²) in [6.07, 6.45) is 0. The molecule has 0 radical (unpaired) electrons. The molecule has 0 saturated carbocycles. The lowest BCUT2D eigenvalue weighted by Gasteiger charge is -2.33. The van der Waals surface area contributed by atoms with Crippen molar-refractivity contribution >= 4 is 109 Å². The second-order valence-electron chi connectivity index (χ2n) is 9.68. The Kier molecular flexibility index (Phi) is 5.12. The smallest absolute Gasteiger partial charge is 0.335 e. The van der Waals surface area contributed by atoms with Crippen LogP contribution < -0.4 is 9.80 Å². The number of hydrogen-bond acceptors (Lipinski definition) is 7. The molecule has 8 nitrogen and oxygen atoms in total. The molecule has 41 heavy (non-hydrogen) atoms. The third kappa shape index (κ3) is 3.54. The van der Waals surface area contributed by atoms with Crippen molar-refractivity contribution in [3.63, 3.8) is 0 Å². The molecular formula is C31H18N6O2S2. The minimum Gasteiger partial charge on any atom is -0.478 e. The van der Waals surface area contributed by atoms with Crippen LogP contribution in [0.2, 0.25) is 0 Å². The SMILES string of the molecule is O=C(O)c1ccc2nc(N3C(S)=Nc4cccc5cccc3c45)c(N3C(S)=Nc4cccc5cccc3c45)nc2c1. The number of rotatable bonds is 3. The summed E-state index contributed by atoms with van der Waals surface area (Å²) >= 11 is 9.64. The maximum Gasteiger partial charge on any atom is 0.335 e. The van der Waals surface area contributed by atoms with Gasteiger partial charge in [0.15, 0.2) is 22.0 Å². The predicted octanol–water partition coefficient (Wildman–Crippen LogP) is 7.77. The van der Waals surface area contributed by atoms with E-state index in [9.17, 15) is 9.90 Å². The molecule has 1 N–H and O–H groups in total. The van der Waals surface area contributed by atoms with Crippen LogP contribution in [0.4, 0.5) is 34.4 Å². The van der Waals surface area contributed by atoms with Gasteiger partial charge in [0.25, 0.3) is 0 Å². The Labute approximate surface area is 244 Å². The third-order valence-electron chi connectivity index (χ3n) is 7.34. The molecule has 2 aliphatic heterocycles. The maximum atomic E-state index is 11.8. The van der Waals surface area contributed by atoms with Crippen LogP contribution >= 0.6 is 25.3 Å². The average Bonchev–Trinajstić information content (AvgIpc) is 2.97. The lowest BCUT2D eigenvalue weighted by Crippen LogP contribution is -2.31. The molecule has 10 heteroatoms. The molecule has 0 fully saturated rings. The van der Waals surface area contributed by atoms with Gasteiger partial charge >= 0.3 is 5.97 Å². The molecule has 5 aromatic carbocycles. The molecule has 0 bridgehead atoms. The van der Waals surface area contributed by atoms with Crippen molar-refractivity contribution in [2.75, 3.05) is 9.80 Å². The van der Waals surface area contributed by atoms with Crippen LogP contribution in [0.25, 0.3) is 32.6 Å². The normalized spacial score (nSPS) is 14.0. The molecule has 0 aliphatic carbocycles. The Morgan fingerprint density at radius 3 is 1.63 bits per heavy atom. The Hall–Kier alpha value is -4.93. The zero-order chi connectivity index (χ0) is 27.8. The van der Waals surface area contributed by atoms with E-state index in [1.54, 1.807) is 6.07 Å². The fourth-order valence-corrected chi connectivity index (χ4v) is 6.20. The van der Waals surface area contributed by atoms with Gasteiger partial charge in [-0.05, 0) is 53.2 Å². The van der Waals surface area contributed by atoms with E-state index in [0.717, 1.165) is 44.3 Å². The highest BCUT2D eigenvalue weighted by Gasteiger charge is 2.32. The van der Waals surface area contributed by atoms with E-state index in [2.05, 4.69) is 0 Å². The highest BCUT2D eigenvalue weighted by molar-refractivity contribution is 7.97. The zero-order valence-electron chi connectivity index (χ0n) is 21.1. The molecule has 196 valence electrons. The number of anilines is 4. The summed E-state index contributed by atoms with van der Waals surface area (Å²) in [6, 6.07) is 28.6. The van der Waals surface area contributed by atoms with Crippen molar-refractivity contribution in [3.8, 4) is 0 Å². The third-order valence-corrected chi connectivity index (χ3v) is 7.94. The summed E-state index contributed by atoms with van der Waals surface area (Å²) in [5, 5.41) is 14.4. The monoisotopic (exact) mass is 570 g/mol. The van der Waals surface area contributed by atoms with E-state index >= 15 is 0 Å². The van der Waals surface area contributed by atoms with Crippen molar-refractivity contribution in [1.29, 1.82) is 0 Å². The highest BCUT2D eigenvalue weighted by atomic mass is 32.1. The number of hydrogen-bond donors (Lipinski definition) is 3. The minimum atomic E-state index is -1.04. The summed E-state index contributed by atoms with van der Waals surface area (Å²) in [7, 11) is 0. The molecule has 0 amide bonds. The number of carbonyl (C=O) groups is 1. The van der Waals surface area contributed by atoms with E-state index in [4.69, 9.17) is 45.2 Å². The van der Waals surface area contributed by atoms with E-state index in [0.29, 0.717) is 33.0 Å². The summed E-state index contributed by atoms with van der Waals surface area (Å²) in [4.78, 5) is 35.2. The lowest BCUT2D eigenvalue weighted by atomic mass is 10.0. The average molecular weight is 571 g/mol. The predicted molar refractivity (Wildman–Crippen MR) is 171 cm³/mol. The maximum absolute atomic E-state index is 11.8. The van der Waals surface area contributed by atoms with Crippen LogP contribution in [-0.2, 0) is 0 Å². The fourth-order valence-electron chi connectivity index (χ4n) is 5.58. The van der Waals surface area contributed by atoms with Crippen LogP contribution in [0.15, 0.2) is 101 Å². The van der Waals surface area contributed by atoms with Crippen molar-refractivity contribution in [1.82, 2.24) is 9.97 Å². The number of aromatic nitrogens is 2. The Balaban J connectivity index is 1.46. The summed E-state index contributed by atoms with van der Waals surface area (Å²) in [6.45, 7) is 0. The number of nitrogens with zero attached hydrogens (tertiary/aromatic N) is 6. The largest absolute Gasteiger partial charge is 0.478 e. The number of carboxylic acids is 1. The number of benzene rings is 5. The molecule has 0 unspecified atom stereocenters. The number of aliphatic imine (C=N–C) groups is 2. The quantitative estimate of drug-likeness (QED) is 0.188. The molecule has 1 aromatic heterocycles. The minimum absolute atomic E-state index is 0.115. The van der Waals surface area contributed by atoms with Gasteiger partial charge in [0.2, 0.25) is 0 Å². The van der Waals surface area contributed by atoms with Crippen LogP contribution in [0.3, 0.4) is 0 Å². The Morgan fingerprint density at radius 2 is 1.12 bits per heavy atom. The van der Waals surface area contributed by atoms with Gasteiger partial charge in [-0.3, -0.25) is 9.80 Å². The zero-order valence-corrected chi connectivity index (χ0v) is 22.9. The highest BCUT2D eigenvalue weighted by Crippen LogP contribution is 2.48. The van der Waals surface area contributed by atoms with Crippen LogP contribution in [0, 0.1) is 0 Å². The first kappa shape index (κ1) is 23.9. The van der Waals surface area contributed by atoms with Crippen molar-refractivity contribution < 1.29 is 9.90 Å². The molecule has 0 saturated heterocycles. The number of carboxylic acid groups (broad SMARTS) is 1. The van der Waals surface area contributed by atoms with Crippen molar-refractivity contribution in [2.24, 2.45) is 9.98 Å². The standard InChI is InChI=1S/C31H18N6O2S2/c38-29(39)18-13-14-19-22(15-18)33-28(37-24-12-4-8-17-6-2-10-21(26(17)24)35-31(37)41)27(32-19)36-23-11-3-7-16-5-1-9-20(25(16)23)34-30(36)40/h1-15H,(H,34,40)(H,35,41)(H,38,39). The van der Waals surface area contributed by atoms with Crippen LogP contribution in [0.5, 0.6) is 0 Å². The molecule has 8 rings (SSSR count). The number of amidine groups is 2. The van der Waals surface area contributed by atoms with Gasteiger partial charge in [0.1, 0.15) is 0 Å².